The summed E-state index contributed by atoms with van der Waals surface area (Å²) >= 11 is 1.43. The number of aromatic carboxylic acids is 1. The van der Waals surface area contributed by atoms with Gasteiger partial charge in [-0.3, -0.25) is 0 Å². The summed E-state index contributed by atoms with van der Waals surface area (Å²) in [6.07, 6.45) is 1.87. The van der Waals surface area contributed by atoms with Gasteiger partial charge in [-0.15, -0.1) is 11.8 Å². The summed E-state index contributed by atoms with van der Waals surface area (Å²) in [5, 5.41) is 12.5. The zero-order valence-corrected chi connectivity index (χ0v) is 11.7. The number of rotatable bonds is 7. The SMILES string of the molecule is CCOCC(C)Nc1cccc(SC)c1C(=O)O. The Kier molecular flexibility index (Phi) is 6.01. The molecule has 1 aromatic rings. The van der Waals surface area contributed by atoms with Crippen LogP contribution < -0.4 is 5.32 Å². The molecule has 0 spiro atoms. The molecule has 1 atom stereocenters. The number of carboxylic acids is 1. The third-order valence-corrected chi connectivity index (χ3v) is 3.21. The first-order valence-corrected chi connectivity index (χ1v) is 7.07. The summed E-state index contributed by atoms with van der Waals surface area (Å²) in [5.41, 5.74) is 0.968. The molecule has 0 aliphatic heterocycles. The van der Waals surface area contributed by atoms with Crippen molar-refractivity contribution in [1.82, 2.24) is 0 Å². The molecule has 0 radical (unpaired) electrons. The summed E-state index contributed by atoms with van der Waals surface area (Å²) in [7, 11) is 0. The number of ether oxygens (including phenoxy) is 1. The van der Waals surface area contributed by atoms with Gasteiger partial charge in [0.2, 0.25) is 0 Å². The molecule has 0 heterocycles. The second kappa shape index (κ2) is 7.28. The number of thioether (sulfide) groups is 1. The van der Waals surface area contributed by atoms with Crippen molar-refractivity contribution in [2.24, 2.45) is 0 Å². The second-order valence-corrected chi connectivity index (χ2v) is 4.74. The molecule has 1 rings (SSSR count). The van der Waals surface area contributed by atoms with Crippen molar-refractivity contribution in [3.63, 3.8) is 0 Å². The Morgan fingerprint density at radius 1 is 1.56 bits per heavy atom. The fourth-order valence-corrected chi connectivity index (χ4v) is 2.26. The van der Waals surface area contributed by atoms with Crippen molar-refractivity contribution in [3.8, 4) is 0 Å². The van der Waals surface area contributed by atoms with Crippen LogP contribution in [0.1, 0.15) is 24.2 Å². The number of hydrogen-bond donors (Lipinski definition) is 2. The van der Waals surface area contributed by atoms with E-state index < -0.39 is 5.97 Å². The van der Waals surface area contributed by atoms with Gasteiger partial charge in [0.15, 0.2) is 0 Å². The minimum Gasteiger partial charge on any atom is -0.478 e. The highest BCUT2D eigenvalue weighted by atomic mass is 32.2. The van der Waals surface area contributed by atoms with Crippen LogP contribution in [0.2, 0.25) is 0 Å². The minimum atomic E-state index is -0.911. The highest BCUT2D eigenvalue weighted by molar-refractivity contribution is 7.98. The average molecular weight is 269 g/mol. The van der Waals surface area contributed by atoms with Gasteiger partial charge in [-0.2, -0.15) is 0 Å². The highest BCUT2D eigenvalue weighted by Gasteiger charge is 2.16. The molecule has 0 amide bonds. The van der Waals surface area contributed by atoms with E-state index >= 15 is 0 Å². The van der Waals surface area contributed by atoms with Crippen molar-refractivity contribution in [1.29, 1.82) is 0 Å². The lowest BCUT2D eigenvalue weighted by Gasteiger charge is -2.18. The summed E-state index contributed by atoms with van der Waals surface area (Å²) < 4.78 is 5.31. The first kappa shape index (κ1) is 14.9. The molecule has 0 aliphatic carbocycles. The van der Waals surface area contributed by atoms with Gasteiger partial charge < -0.3 is 15.2 Å². The maximum Gasteiger partial charge on any atom is 0.338 e. The Balaban J connectivity index is 2.90. The lowest BCUT2D eigenvalue weighted by atomic mass is 10.1. The summed E-state index contributed by atoms with van der Waals surface area (Å²) in [4.78, 5) is 12.1. The summed E-state index contributed by atoms with van der Waals surface area (Å²) in [6, 6.07) is 5.52. The maximum atomic E-state index is 11.3. The van der Waals surface area contributed by atoms with Gasteiger partial charge in [0.1, 0.15) is 0 Å². The fraction of sp³-hybridized carbons (Fsp3) is 0.462. The van der Waals surface area contributed by atoms with E-state index in [-0.39, 0.29) is 6.04 Å². The standard InChI is InChI=1S/C13H19NO3S/c1-4-17-8-9(2)14-10-6-5-7-11(18-3)12(10)13(15)16/h5-7,9,14H,4,8H2,1-3H3,(H,15,16). The molecule has 0 aliphatic rings. The van der Waals surface area contributed by atoms with Crippen LogP contribution in [-0.2, 0) is 4.74 Å². The molecule has 18 heavy (non-hydrogen) atoms. The van der Waals surface area contributed by atoms with Crippen LogP contribution in [0.15, 0.2) is 23.1 Å². The molecular weight excluding hydrogens is 250 g/mol. The van der Waals surface area contributed by atoms with Crippen molar-refractivity contribution in [3.05, 3.63) is 23.8 Å². The monoisotopic (exact) mass is 269 g/mol. The summed E-state index contributed by atoms with van der Waals surface area (Å²) in [5.74, 6) is -0.911. The van der Waals surface area contributed by atoms with E-state index in [1.807, 2.05) is 32.2 Å². The van der Waals surface area contributed by atoms with Crippen LogP contribution in [0.25, 0.3) is 0 Å². The quantitative estimate of drug-likeness (QED) is 0.745. The normalized spacial score (nSPS) is 12.2. The van der Waals surface area contributed by atoms with Gasteiger partial charge in [0.05, 0.1) is 17.9 Å². The number of anilines is 1. The number of carboxylic acid groups (broad SMARTS) is 1. The zero-order valence-electron chi connectivity index (χ0n) is 10.9. The van der Waals surface area contributed by atoms with E-state index in [2.05, 4.69) is 5.32 Å². The lowest BCUT2D eigenvalue weighted by Crippen LogP contribution is -2.23. The number of benzene rings is 1. The molecule has 0 bridgehead atoms. The zero-order chi connectivity index (χ0) is 13.5. The predicted molar refractivity (Wildman–Crippen MR) is 74.8 cm³/mol. The van der Waals surface area contributed by atoms with E-state index in [1.165, 1.54) is 11.8 Å². The predicted octanol–water partition coefficient (Wildman–Crippen LogP) is 2.94. The number of hydrogen-bond acceptors (Lipinski definition) is 4. The molecule has 5 heteroatoms. The molecule has 0 fully saturated rings. The Bertz CT molecular complexity index is 409. The summed E-state index contributed by atoms with van der Waals surface area (Å²) in [6.45, 7) is 5.11. The average Bonchev–Trinajstić information content (AvgIpc) is 2.35. The van der Waals surface area contributed by atoms with Crippen LogP contribution in [0.3, 0.4) is 0 Å². The van der Waals surface area contributed by atoms with Crippen LogP contribution >= 0.6 is 11.8 Å². The minimum absolute atomic E-state index is 0.0696. The van der Waals surface area contributed by atoms with Crippen LogP contribution in [0, 0.1) is 0 Å². The van der Waals surface area contributed by atoms with Crippen molar-refractivity contribution in [2.45, 2.75) is 24.8 Å². The van der Waals surface area contributed by atoms with Crippen LogP contribution in [0.4, 0.5) is 5.69 Å². The van der Waals surface area contributed by atoms with Crippen LogP contribution in [-0.4, -0.2) is 36.6 Å². The molecule has 0 aromatic heterocycles. The molecule has 1 unspecified atom stereocenters. The first-order valence-electron chi connectivity index (χ1n) is 5.84. The van der Waals surface area contributed by atoms with Crippen molar-refractivity contribution >= 4 is 23.4 Å². The van der Waals surface area contributed by atoms with Gasteiger partial charge in [-0.05, 0) is 32.2 Å². The van der Waals surface area contributed by atoms with E-state index in [9.17, 15) is 9.90 Å². The Morgan fingerprint density at radius 2 is 2.28 bits per heavy atom. The van der Waals surface area contributed by atoms with Gasteiger partial charge in [0, 0.05) is 17.5 Å². The maximum absolute atomic E-state index is 11.3. The van der Waals surface area contributed by atoms with E-state index in [0.29, 0.717) is 24.5 Å². The van der Waals surface area contributed by atoms with Crippen molar-refractivity contribution in [2.75, 3.05) is 24.8 Å². The highest BCUT2D eigenvalue weighted by Crippen LogP contribution is 2.27. The molecule has 1 aromatic carbocycles. The van der Waals surface area contributed by atoms with Crippen molar-refractivity contribution < 1.29 is 14.6 Å². The number of carbonyl (C=O) groups is 1. The van der Waals surface area contributed by atoms with Gasteiger partial charge >= 0.3 is 5.97 Å². The Labute approximate surface area is 112 Å². The topological polar surface area (TPSA) is 58.6 Å². The smallest absolute Gasteiger partial charge is 0.338 e. The van der Waals surface area contributed by atoms with Gasteiger partial charge in [-0.25, -0.2) is 4.79 Å². The Hall–Kier alpha value is -1.20. The van der Waals surface area contributed by atoms with E-state index in [4.69, 9.17) is 4.74 Å². The third-order valence-electron chi connectivity index (χ3n) is 2.43. The third kappa shape index (κ3) is 3.92. The molecule has 2 N–H and O–H groups in total. The van der Waals surface area contributed by atoms with Gasteiger partial charge in [-0.1, -0.05) is 6.07 Å². The lowest BCUT2D eigenvalue weighted by molar-refractivity contribution is 0.0694. The van der Waals surface area contributed by atoms with Gasteiger partial charge in [0.25, 0.3) is 0 Å². The number of nitrogens with one attached hydrogen (secondary N) is 1. The first-order chi connectivity index (χ1) is 8.60. The van der Waals surface area contributed by atoms with Crippen LogP contribution in [0.5, 0.6) is 0 Å². The molecular formula is C13H19NO3S. The molecule has 100 valence electrons. The largest absolute Gasteiger partial charge is 0.478 e. The molecule has 4 nitrogen and oxygen atoms in total. The Morgan fingerprint density at radius 3 is 2.83 bits per heavy atom. The van der Waals surface area contributed by atoms with E-state index in [0.717, 1.165) is 4.90 Å². The molecule has 0 saturated carbocycles. The molecule has 0 saturated heterocycles. The van der Waals surface area contributed by atoms with E-state index in [1.54, 1.807) is 6.07 Å². The fourth-order valence-electron chi connectivity index (χ4n) is 1.64. The second-order valence-electron chi connectivity index (χ2n) is 3.89.